The van der Waals surface area contributed by atoms with Crippen LogP contribution >= 0.6 is 0 Å². The summed E-state index contributed by atoms with van der Waals surface area (Å²) in [7, 11) is 0. The number of Topliss-reactive ketones (excluding diaryl/α,β-unsaturated/α-hetero) is 2. The first-order chi connectivity index (χ1) is 12.0. The first kappa shape index (κ1) is 26.5. The van der Waals surface area contributed by atoms with E-state index in [1.54, 1.807) is 0 Å². The normalized spacial score (nSPS) is 11.2. The predicted molar refractivity (Wildman–Crippen MR) is 115 cm³/mol. The monoisotopic (exact) mass is 360 g/mol. The van der Waals surface area contributed by atoms with E-state index in [9.17, 15) is 9.59 Å². The Morgan fingerprint density at radius 1 is 0.577 bits per heavy atom. The van der Waals surface area contributed by atoms with Crippen LogP contribution in [-0.4, -0.2) is 11.6 Å². The lowest BCUT2D eigenvalue weighted by atomic mass is 10.1. The summed E-state index contributed by atoms with van der Waals surface area (Å²) in [6, 6.07) is 0. The van der Waals surface area contributed by atoms with Crippen molar-refractivity contribution in [1.82, 2.24) is 0 Å². The zero-order chi connectivity index (χ0) is 20.5. The van der Waals surface area contributed by atoms with Gasteiger partial charge in [-0.25, -0.2) is 0 Å². The molecule has 0 saturated carbocycles. The van der Waals surface area contributed by atoms with Crippen molar-refractivity contribution >= 4 is 11.6 Å². The van der Waals surface area contributed by atoms with Gasteiger partial charge < -0.3 is 4.79 Å². The van der Waals surface area contributed by atoms with Crippen LogP contribution in [0.4, 0.5) is 0 Å². The van der Waals surface area contributed by atoms with Crippen LogP contribution in [0.15, 0.2) is 46.6 Å². The zero-order valence-corrected chi connectivity index (χ0v) is 18.4. The van der Waals surface area contributed by atoms with Gasteiger partial charge in [0.15, 0.2) is 0 Å². The van der Waals surface area contributed by atoms with Crippen LogP contribution < -0.4 is 0 Å². The predicted octanol–water partition coefficient (Wildman–Crippen LogP) is 7.32. The van der Waals surface area contributed by atoms with Crippen molar-refractivity contribution in [3.05, 3.63) is 46.6 Å². The van der Waals surface area contributed by atoms with Gasteiger partial charge in [0.25, 0.3) is 0 Å². The van der Waals surface area contributed by atoms with Gasteiger partial charge >= 0.3 is 0 Å². The summed E-state index contributed by atoms with van der Waals surface area (Å²) in [6.45, 7) is 15.8. The maximum Gasteiger partial charge on any atom is 0.140 e. The molecular formula is C24H40O2. The molecule has 0 aromatic rings. The third kappa shape index (κ3) is 24.6. The smallest absolute Gasteiger partial charge is 0.140 e. The van der Waals surface area contributed by atoms with Crippen LogP contribution in [0.5, 0.6) is 0 Å². The van der Waals surface area contributed by atoms with Crippen LogP contribution in [0, 0.1) is 0 Å². The molecule has 148 valence electrons. The molecule has 0 amide bonds. The molecule has 0 aromatic heterocycles. The summed E-state index contributed by atoms with van der Waals surface area (Å²) in [6.07, 6.45) is 14.1. The molecule has 0 unspecified atom stereocenters. The number of hydrogen-bond acceptors (Lipinski definition) is 2. The highest BCUT2D eigenvalue weighted by Crippen LogP contribution is 2.10. The number of allylic oxidation sites excluding steroid dienone is 8. The third-order valence-corrected chi connectivity index (χ3v) is 3.54. The molecule has 0 bridgehead atoms. The Bertz CT molecular complexity index is 489. The summed E-state index contributed by atoms with van der Waals surface area (Å²) in [5, 5.41) is 0. The molecule has 0 aliphatic rings. The Labute approximate surface area is 162 Å². The van der Waals surface area contributed by atoms with Gasteiger partial charge in [0.2, 0.25) is 0 Å². The summed E-state index contributed by atoms with van der Waals surface area (Å²) in [5.74, 6) is 0.475. The number of rotatable bonds is 10. The van der Waals surface area contributed by atoms with E-state index in [0.29, 0.717) is 18.6 Å². The molecule has 2 nitrogen and oxygen atoms in total. The molecule has 26 heavy (non-hydrogen) atoms. The van der Waals surface area contributed by atoms with E-state index in [1.165, 1.54) is 36.1 Å². The summed E-state index contributed by atoms with van der Waals surface area (Å²) < 4.78 is 0. The first-order valence-corrected chi connectivity index (χ1v) is 9.61. The van der Waals surface area contributed by atoms with Gasteiger partial charge in [-0.2, -0.15) is 0 Å². The Morgan fingerprint density at radius 2 is 0.885 bits per heavy atom. The maximum atomic E-state index is 11.9. The number of carbonyl (C=O) groups is 2. The molecule has 0 saturated heterocycles. The molecule has 0 aromatic carbocycles. The lowest BCUT2D eigenvalue weighted by Gasteiger charge is -2.01. The standard InChI is InChI=1S/C21H34O.C3H6O/c1-17(2)9-7-11-19(5)13-15-21(22)16-14-20(6)12-8-10-18(3)4;1-3(2)4/h9-10,13-14H,7-8,11-12,15-16H2,1-6H3;1-2H3/b19-13+,20-14+;. The summed E-state index contributed by atoms with van der Waals surface area (Å²) in [5.41, 5.74) is 5.35. The number of carbonyl (C=O) groups excluding carboxylic acids is 2. The highest BCUT2D eigenvalue weighted by atomic mass is 16.1. The minimum atomic E-state index is 0.167. The van der Waals surface area contributed by atoms with Crippen LogP contribution in [0.3, 0.4) is 0 Å². The molecular weight excluding hydrogens is 320 g/mol. The molecule has 0 radical (unpaired) electrons. The molecule has 0 aliphatic heterocycles. The van der Waals surface area contributed by atoms with Gasteiger partial charge in [-0.3, -0.25) is 4.79 Å². The average Bonchev–Trinajstić information content (AvgIpc) is 2.49. The van der Waals surface area contributed by atoms with Crippen molar-refractivity contribution in [1.29, 1.82) is 0 Å². The van der Waals surface area contributed by atoms with Crippen LogP contribution in [0.25, 0.3) is 0 Å². The van der Waals surface area contributed by atoms with Crippen LogP contribution in [-0.2, 0) is 9.59 Å². The molecule has 2 heteroatoms. The van der Waals surface area contributed by atoms with Crippen molar-refractivity contribution in [3.8, 4) is 0 Å². The molecule has 0 heterocycles. The lowest BCUT2D eigenvalue weighted by molar-refractivity contribution is -0.117. The molecule has 0 fully saturated rings. The van der Waals surface area contributed by atoms with Gasteiger partial charge in [0, 0.05) is 12.8 Å². The first-order valence-electron chi connectivity index (χ1n) is 9.61. The van der Waals surface area contributed by atoms with E-state index in [-0.39, 0.29) is 5.78 Å². The largest absolute Gasteiger partial charge is 0.300 e. The fraction of sp³-hybridized carbons (Fsp3) is 0.583. The lowest BCUT2D eigenvalue weighted by Crippen LogP contribution is -1.94. The fourth-order valence-corrected chi connectivity index (χ4v) is 2.04. The second-order valence-electron chi connectivity index (χ2n) is 7.60. The van der Waals surface area contributed by atoms with E-state index in [4.69, 9.17) is 0 Å². The summed E-state index contributed by atoms with van der Waals surface area (Å²) in [4.78, 5) is 21.3. The Balaban J connectivity index is 0. The van der Waals surface area contributed by atoms with E-state index < -0.39 is 0 Å². The topological polar surface area (TPSA) is 34.1 Å². The number of hydrogen-bond donors (Lipinski definition) is 0. The van der Waals surface area contributed by atoms with Gasteiger partial charge in [-0.05, 0) is 81.1 Å². The highest BCUT2D eigenvalue weighted by molar-refractivity contribution is 5.81. The maximum absolute atomic E-state index is 11.9. The van der Waals surface area contributed by atoms with Crippen LogP contribution in [0.2, 0.25) is 0 Å². The Hall–Kier alpha value is -1.70. The summed E-state index contributed by atoms with van der Waals surface area (Å²) >= 11 is 0. The third-order valence-electron chi connectivity index (χ3n) is 3.54. The van der Waals surface area contributed by atoms with Gasteiger partial charge in [-0.15, -0.1) is 0 Å². The molecule has 0 N–H and O–H groups in total. The van der Waals surface area contributed by atoms with Gasteiger partial charge in [0.1, 0.15) is 11.6 Å². The fourth-order valence-electron chi connectivity index (χ4n) is 2.04. The van der Waals surface area contributed by atoms with E-state index in [0.717, 1.165) is 25.7 Å². The molecule has 0 atom stereocenters. The second-order valence-corrected chi connectivity index (χ2v) is 7.60. The zero-order valence-electron chi connectivity index (χ0n) is 18.4. The Morgan fingerprint density at radius 3 is 1.15 bits per heavy atom. The average molecular weight is 361 g/mol. The highest BCUT2D eigenvalue weighted by Gasteiger charge is 1.99. The van der Waals surface area contributed by atoms with Gasteiger partial charge in [0.05, 0.1) is 0 Å². The van der Waals surface area contributed by atoms with Crippen molar-refractivity contribution in [3.63, 3.8) is 0 Å². The van der Waals surface area contributed by atoms with E-state index in [1.807, 2.05) is 0 Å². The molecule has 0 spiro atoms. The van der Waals surface area contributed by atoms with Crippen molar-refractivity contribution in [2.24, 2.45) is 0 Å². The second kappa shape index (κ2) is 16.8. The quantitative estimate of drug-likeness (QED) is 0.382. The Kier molecular flexibility index (Phi) is 17.1. The molecule has 0 aliphatic carbocycles. The minimum absolute atomic E-state index is 0.167. The minimum Gasteiger partial charge on any atom is -0.300 e. The van der Waals surface area contributed by atoms with Crippen molar-refractivity contribution < 1.29 is 9.59 Å². The van der Waals surface area contributed by atoms with Crippen LogP contribution in [0.1, 0.15) is 93.9 Å². The van der Waals surface area contributed by atoms with Gasteiger partial charge in [-0.1, -0.05) is 46.6 Å². The van der Waals surface area contributed by atoms with Crippen molar-refractivity contribution in [2.75, 3.05) is 0 Å². The van der Waals surface area contributed by atoms with Crippen molar-refractivity contribution in [2.45, 2.75) is 93.9 Å². The van der Waals surface area contributed by atoms with E-state index in [2.05, 4.69) is 65.8 Å². The SMILES string of the molecule is CC(C)=CCC/C(C)=C/CC(=O)C/C=C(\C)CCC=C(C)C.CC(C)=O. The molecule has 0 rings (SSSR count). The number of ketones is 2. The van der Waals surface area contributed by atoms with E-state index >= 15 is 0 Å².